The molecular weight excluding hydrogens is 284 g/mol. The molecule has 0 saturated heterocycles. The number of fused-ring (bicyclic) bond motifs is 3. The summed E-state index contributed by atoms with van der Waals surface area (Å²) >= 11 is 0. The van der Waals surface area contributed by atoms with Crippen LogP contribution in [0.15, 0.2) is 53.5 Å². The van der Waals surface area contributed by atoms with Crippen LogP contribution in [-0.2, 0) is 19.9 Å². The molecule has 116 valence electrons. The van der Waals surface area contributed by atoms with Crippen LogP contribution in [0.1, 0.15) is 23.2 Å². The summed E-state index contributed by atoms with van der Waals surface area (Å²) < 4.78 is 2.22. The quantitative estimate of drug-likeness (QED) is 0.784. The van der Waals surface area contributed by atoms with Crippen molar-refractivity contribution in [3.63, 3.8) is 0 Å². The summed E-state index contributed by atoms with van der Waals surface area (Å²) in [6.07, 6.45) is 2.99. The molecule has 3 nitrogen and oxygen atoms in total. The van der Waals surface area contributed by atoms with E-state index >= 15 is 0 Å². The molecule has 1 aliphatic rings. The van der Waals surface area contributed by atoms with Crippen molar-refractivity contribution in [1.29, 1.82) is 0 Å². The normalized spacial score (nSPS) is 15.4. The number of nitrogens with zero attached hydrogens (tertiary/aromatic N) is 2. The van der Waals surface area contributed by atoms with E-state index in [-0.39, 0.29) is 0 Å². The molecule has 1 heterocycles. The summed E-state index contributed by atoms with van der Waals surface area (Å²) in [5.74, 6) is 0.334. The Morgan fingerprint density at radius 2 is 1.91 bits per heavy atom. The third-order valence-corrected chi connectivity index (χ3v) is 4.72. The monoisotopic (exact) mass is 304 g/mol. The van der Waals surface area contributed by atoms with Gasteiger partial charge in [-0.25, -0.2) is 0 Å². The van der Waals surface area contributed by atoms with E-state index < -0.39 is 0 Å². The summed E-state index contributed by atoms with van der Waals surface area (Å²) in [6.45, 7) is 0.825. The van der Waals surface area contributed by atoms with Gasteiger partial charge in [-0.3, -0.25) is 4.99 Å². The molecule has 0 atom stereocenters. The largest absolute Gasteiger partial charge is 0.508 e. The summed E-state index contributed by atoms with van der Waals surface area (Å²) in [6, 6.07) is 16.1. The zero-order valence-electron chi connectivity index (χ0n) is 13.3. The van der Waals surface area contributed by atoms with Gasteiger partial charge in [0.2, 0.25) is 0 Å². The van der Waals surface area contributed by atoms with Crippen LogP contribution in [0.4, 0.5) is 0 Å². The van der Waals surface area contributed by atoms with Crippen molar-refractivity contribution in [2.45, 2.75) is 19.3 Å². The highest BCUT2D eigenvalue weighted by Gasteiger charge is 2.25. The first-order valence-electron chi connectivity index (χ1n) is 8.12. The lowest BCUT2D eigenvalue weighted by atomic mass is 10.1. The number of hydrogen-bond donors (Lipinski definition) is 1. The Bertz CT molecular complexity index is 891. The number of aromatic nitrogens is 1. The average molecular weight is 304 g/mol. The lowest BCUT2D eigenvalue weighted by molar-refractivity contribution is 0.476. The van der Waals surface area contributed by atoms with Crippen LogP contribution in [0.25, 0.3) is 10.9 Å². The predicted octanol–water partition coefficient (Wildman–Crippen LogP) is 3.86. The van der Waals surface area contributed by atoms with Crippen LogP contribution in [0, 0.1) is 0 Å². The van der Waals surface area contributed by atoms with E-state index in [0.717, 1.165) is 31.2 Å². The molecule has 23 heavy (non-hydrogen) atoms. The molecule has 1 aliphatic carbocycles. The maximum atomic E-state index is 9.76. The molecule has 0 amide bonds. The van der Waals surface area contributed by atoms with Gasteiger partial charge in [-0.05, 0) is 48.6 Å². The van der Waals surface area contributed by atoms with E-state index in [1.165, 1.54) is 28.0 Å². The van der Waals surface area contributed by atoms with Gasteiger partial charge in [0.15, 0.2) is 0 Å². The third kappa shape index (κ3) is 2.42. The first-order chi connectivity index (χ1) is 11.2. The molecule has 3 aromatic rings. The number of phenols is 1. The van der Waals surface area contributed by atoms with Gasteiger partial charge < -0.3 is 9.67 Å². The van der Waals surface area contributed by atoms with Crippen molar-refractivity contribution in [1.82, 2.24) is 4.57 Å². The molecule has 0 spiro atoms. The Balaban J connectivity index is 1.65. The van der Waals surface area contributed by atoms with Crippen LogP contribution in [0.2, 0.25) is 0 Å². The minimum atomic E-state index is 0.334. The van der Waals surface area contributed by atoms with Gasteiger partial charge in [-0.15, -0.1) is 0 Å². The van der Waals surface area contributed by atoms with E-state index in [4.69, 9.17) is 4.99 Å². The van der Waals surface area contributed by atoms with Crippen molar-refractivity contribution in [2.75, 3.05) is 6.54 Å². The van der Waals surface area contributed by atoms with Crippen molar-refractivity contribution in [2.24, 2.45) is 12.0 Å². The molecule has 0 saturated carbocycles. The maximum absolute atomic E-state index is 9.76. The molecule has 0 radical (unpaired) electrons. The van der Waals surface area contributed by atoms with E-state index in [2.05, 4.69) is 35.9 Å². The van der Waals surface area contributed by atoms with E-state index in [9.17, 15) is 5.11 Å². The molecule has 0 unspecified atom stereocenters. The molecule has 0 fully saturated rings. The van der Waals surface area contributed by atoms with Gasteiger partial charge in [-0.2, -0.15) is 0 Å². The minimum Gasteiger partial charge on any atom is -0.508 e. The van der Waals surface area contributed by atoms with Gasteiger partial charge in [-0.1, -0.05) is 30.3 Å². The molecule has 1 N–H and O–H groups in total. The summed E-state index contributed by atoms with van der Waals surface area (Å²) in [4.78, 5) is 4.87. The highest BCUT2D eigenvalue weighted by Crippen LogP contribution is 2.34. The lowest BCUT2D eigenvalue weighted by Gasteiger charge is -2.05. The van der Waals surface area contributed by atoms with Gasteiger partial charge in [0.1, 0.15) is 5.75 Å². The highest BCUT2D eigenvalue weighted by molar-refractivity contribution is 6.09. The Kier molecular flexibility index (Phi) is 3.41. The fraction of sp³-hybridized carbons (Fsp3) is 0.250. The van der Waals surface area contributed by atoms with Gasteiger partial charge in [0.25, 0.3) is 0 Å². The smallest absolute Gasteiger partial charge is 0.116 e. The van der Waals surface area contributed by atoms with Crippen molar-refractivity contribution < 1.29 is 5.11 Å². The zero-order chi connectivity index (χ0) is 15.8. The molecule has 0 bridgehead atoms. The lowest BCUT2D eigenvalue weighted by Crippen LogP contribution is -2.05. The van der Waals surface area contributed by atoms with Crippen LogP contribution in [0.3, 0.4) is 0 Å². The molecule has 3 heteroatoms. The molecular formula is C20H20N2O. The second-order valence-corrected chi connectivity index (χ2v) is 6.15. The number of phenolic OH excluding ortho intramolecular Hbond substituents is 1. The van der Waals surface area contributed by atoms with Crippen molar-refractivity contribution >= 4 is 16.6 Å². The molecule has 2 aromatic carbocycles. The van der Waals surface area contributed by atoms with E-state index in [1.807, 2.05) is 18.2 Å². The Morgan fingerprint density at radius 1 is 1.09 bits per heavy atom. The first kappa shape index (κ1) is 14.1. The standard InChI is InChI=1S/C20H20N2O/c1-22-19-10-7-15(23)13-17(19)16-8-9-18(20(16)22)21-12-11-14-5-3-2-4-6-14/h2-7,10,13,23H,8-9,11-12H2,1H3/b21-18+. The predicted molar refractivity (Wildman–Crippen MR) is 94.5 cm³/mol. The molecule has 4 rings (SSSR count). The number of rotatable bonds is 3. The fourth-order valence-electron chi connectivity index (χ4n) is 3.61. The average Bonchev–Trinajstić information content (AvgIpc) is 3.09. The minimum absolute atomic E-state index is 0.334. The van der Waals surface area contributed by atoms with Crippen molar-refractivity contribution in [3.05, 3.63) is 65.4 Å². The SMILES string of the molecule is Cn1c2c(c3cc(O)ccc31)CC/C2=N\CCc1ccccc1. The Morgan fingerprint density at radius 3 is 2.74 bits per heavy atom. The highest BCUT2D eigenvalue weighted by atomic mass is 16.3. The molecule has 0 aliphatic heterocycles. The summed E-state index contributed by atoms with van der Waals surface area (Å²) in [5, 5.41) is 10.9. The number of aromatic hydroxyl groups is 1. The van der Waals surface area contributed by atoms with Crippen LogP contribution < -0.4 is 0 Å². The number of aryl methyl sites for hydroxylation is 2. The van der Waals surface area contributed by atoms with E-state index in [0.29, 0.717) is 5.75 Å². The van der Waals surface area contributed by atoms with Crippen LogP contribution >= 0.6 is 0 Å². The zero-order valence-corrected chi connectivity index (χ0v) is 13.3. The van der Waals surface area contributed by atoms with Gasteiger partial charge in [0.05, 0.1) is 11.4 Å². The third-order valence-electron chi connectivity index (χ3n) is 4.72. The maximum Gasteiger partial charge on any atom is 0.116 e. The number of benzene rings is 2. The van der Waals surface area contributed by atoms with Gasteiger partial charge >= 0.3 is 0 Å². The van der Waals surface area contributed by atoms with Gasteiger partial charge in [0, 0.05) is 24.5 Å². The molecule has 1 aromatic heterocycles. The van der Waals surface area contributed by atoms with E-state index in [1.54, 1.807) is 6.07 Å². The second kappa shape index (κ2) is 5.58. The summed E-state index contributed by atoms with van der Waals surface area (Å²) in [5.41, 5.74) is 6.28. The van der Waals surface area contributed by atoms with Crippen LogP contribution in [-0.4, -0.2) is 21.9 Å². The summed E-state index contributed by atoms with van der Waals surface area (Å²) in [7, 11) is 2.09. The number of aliphatic imine (C=N–C) groups is 1. The number of hydrogen-bond acceptors (Lipinski definition) is 2. The topological polar surface area (TPSA) is 37.5 Å². The first-order valence-corrected chi connectivity index (χ1v) is 8.12. The fourth-order valence-corrected chi connectivity index (χ4v) is 3.61. The Hall–Kier alpha value is -2.55. The van der Waals surface area contributed by atoms with Crippen molar-refractivity contribution in [3.8, 4) is 5.75 Å². The Labute approximate surface area is 135 Å². The second-order valence-electron chi connectivity index (χ2n) is 6.15. The van der Waals surface area contributed by atoms with Crippen LogP contribution in [0.5, 0.6) is 5.75 Å².